The minimum Gasteiger partial charge on any atom is -0.493 e. The Kier molecular flexibility index (Phi) is 5.78. The topological polar surface area (TPSA) is 82.5 Å². The summed E-state index contributed by atoms with van der Waals surface area (Å²) in [5, 5.41) is 3.46. The smallest absolute Gasteiger partial charge is 0.419 e. The quantitative estimate of drug-likeness (QED) is 0.709. The third kappa shape index (κ3) is 4.96. The molecule has 2 aliphatic rings. The summed E-state index contributed by atoms with van der Waals surface area (Å²) < 4.78 is 77.8. The van der Waals surface area contributed by atoms with Gasteiger partial charge < -0.3 is 9.47 Å². The van der Waals surface area contributed by atoms with E-state index in [2.05, 4.69) is 9.82 Å². The Morgan fingerprint density at radius 2 is 1.93 bits per heavy atom. The molecule has 2 atom stereocenters. The first kappa shape index (κ1) is 21.1. The standard InChI is InChI=1S/C19H22F3N3O4S/c20-19(21,22)14-9-23-25(10-14)15-1-3-16(4-2-15)29-12-13-11-28-8-7-18(13)24-30(26,27)17-5-6-17/h1-4,9-10,13,17-18,24H,5-8,11-12H2. The van der Waals surface area contributed by atoms with E-state index in [1.807, 2.05) is 0 Å². The second-order valence-electron chi connectivity index (χ2n) is 7.57. The van der Waals surface area contributed by atoms with Crippen LogP contribution in [0.2, 0.25) is 0 Å². The Morgan fingerprint density at radius 3 is 2.57 bits per heavy atom. The summed E-state index contributed by atoms with van der Waals surface area (Å²) in [7, 11) is -3.30. The predicted molar refractivity (Wildman–Crippen MR) is 102 cm³/mol. The van der Waals surface area contributed by atoms with Crippen LogP contribution < -0.4 is 9.46 Å². The van der Waals surface area contributed by atoms with Crippen LogP contribution in [0.3, 0.4) is 0 Å². The largest absolute Gasteiger partial charge is 0.493 e. The molecule has 2 aromatic rings. The van der Waals surface area contributed by atoms with Crippen molar-refractivity contribution >= 4 is 10.0 Å². The normalized spacial score (nSPS) is 22.8. The molecule has 1 saturated carbocycles. The molecule has 30 heavy (non-hydrogen) atoms. The van der Waals surface area contributed by atoms with Crippen LogP contribution in [0.15, 0.2) is 36.7 Å². The maximum absolute atomic E-state index is 12.7. The summed E-state index contributed by atoms with van der Waals surface area (Å²) >= 11 is 0. The second kappa shape index (κ2) is 8.20. The molecular weight excluding hydrogens is 423 g/mol. The van der Waals surface area contributed by atoms with Crippen molar-refractivity contribution in [1.29, 1.82) is 0 Å². The van der Waals surface area contributed by atoms with E-state index in [0.29, 0.717) is 43.9 Å². The summed E-state index contributed by atoms with van der Waals surface area (Å²) in [6.07, 6.45) is -0.762. The summed E-state index contributed by atoms with van der Waals surface area (Å²) in [5.74, 6) is 0.392. The van der Waals surface area contributed by atoms with Crippen molar-refractivity contribution in [1.82, 2.24) is 14.5 Å². The van der Waals surface area contributed by atoms with Gasteiger partial charge in [0.1, 0.15) is 5.75 Å². The molecule has 1 aliphatic carbocycles. The van der Waals surface area contributed by atoms with Gasteiger partial charge in [0.2, 0.25) is 10.0 Å². The summed E-state index contributed by atoms with van der Waals surface area (Å²) in [4.78, 5) is 0. The summed E-state index contributed by atoms with van der Waals surface area (Å²) in [6, 6.07) is 6.24. The van der Waals surface area contributed by atoms with Crippen molar-refractivity contribution in [2.24, 2.45) is 5.92 Å². The van der Waals surface area contributed by atoms with Crippen molar-refractivity contribution in [2.75, 3.05) is 19.8 Å². The Balaban J connectivity index is 1.36. The van der Waals surface area contributed by atoms with Crippen LogP contribution in [0.4, 0.5) is 13.2 Å². The predicted octanol–water partition coefficient (Wildman–Crippen LogP) is 2.76. The molecule has 0 spiro atoms. The van der Waals surface area contributed by atoms with Gasteiger partial charge in [-0.3, -0.25) is 0 Å². The number of ether oxygens (including phenoxy) is 2. The van der Waals surface area contributed by atoms with Gasteiger partial charge in [-0.15, -0.1) is 0 Å². The van der Waals surface area contributed by atoms with Crippen molar-refractivity contribution in [3.8, 4) is 11.4 Å². The van der Waals surface area contributed by atoms with Crippen LogP contribution in [0, 0.1) is 5.92 Å². The minimum atomic E-state index is -4.44. The van der Waals surface area contributed by atoms with E-state index in [-0.39, 0.29) is 23.8 Å². The molecule has 1 saturated heterocycles. The van der Waals surface area contributed by atoms with E-state index in [0.717, 1.165) is 17.1 Å². The van der Waals surface area contributed by atoms with Crippen molar-refractivity contribution in [3.05, 3.63) is 42.2 Å². The zero-order valence-electron chi connectivity index (χ0n) is 16.0. The molecule has 0 radical (unpaired) electrons. The second-order valence-corrected chi connectivity index (χ2v) is 9.56. The minimum absolute atomic E-state index is 0.132. The van der Waals surface area contributed by atoms with E-state index < -0.39 is 21.8 Å². The summed E-state index contributed by atoms with van der Waals surface area (Å²) in [6.45, 7) is 1.15. The molecule has 164 valence electrons. The highest BCUT2D eigenvalue weighted by Gasteiger charge is 2.39. The molecule has 1 aromatic carbocycles. The lowest BCUT2D eigenvalue weighted by molar-refractivity contribution is -0.137. The van der Waals surface area contributed by atoms with Crippen LogP contribution in [0.5, 0.6) is 5.75 Å². The highest BCUT2D eigenvalue weighted by molar-refractivity contribution is 7.90. The zero-order chi connectivity index (χ0) is 21.4. The van der Waals surface area contributed by atoms with Gasteiger partial charge >= 0.3 is 6.18 Å². The number of halogens is 3. The number of nitrogens with one attached hydrogen (secondary N) is 1. The molecule has 1 aromatic heterocycles. The highest BCUT2D eigenvalue weighted by Crippen LogP contribution is 2.30. The van der Waals surface area contributed by atoms with E-state index in [4.69, 9.17) is 9.47 Å². The van der Waals surface area contributed by atoms with E-state index in [9.17, 15) is 21.6 Å². The lowest BCUT2D eigenvalue weighted by Crippen LogP contribution is -2.48. The van der Waals surface area contributed by atoms with Gasteiger partial charge in [0.05, 0.1) is 35.9 Å². The maximum Gasteiger partial charge on any atom is 0.419 e. The van der Waals surface area contributed by atoms with Gasteiger partial charge in [-0.05, 0) is 43.5 Å². The molecule has 2 unspecified atom stereocenters. The number of rotatable bonds is 7. The maximum atomic E-state index is 12.7. The number of sulfonamides is 1. The summed E-state index contributed by atoms with van der Waals surface area (Å²) in [5.41, 5.74) is -0.353. The average molecular weight is 445 g/mol. The molecule has 4 rings (SSSR count). The first-order valence-electron chi connectivity index (χ1n) is 9.66. The van der Waals surface area contributed by atoms with E-state index >= 15 is 0 Å². The lowest BCUT2D eigenvalue weighted by atomic mass is 9.98. The molecule has 7 nitrogen and oxygen atoms in total. The molecule has 1 aliphatic heterocycles. The fraction of sp³-hybridized carbons (Fsp3) is 0.526. The number of hydrogen-bond acceptors (Lipinski definition) is 5. The third-order valence-electron chi connectivity index (χ3n) is 5.23. The number of benzene rings is 1. The van der Waals surface area contributed by atoms with E-state index in [1.165, 1.54) is 0 Å². The average Bonchev–Trinajstić information content (AvgIpc) is 3.44. The van der Waals surface area contributed by atoms with Gasteiger partial charge in [0, 0.05) is 24.8 Å². The van der Waals surface area contributed by atoms with Crippen LogP contribution >= 0.6 is 0 Å². The molecular formula is C19H22F3N3O4S. The molecule has 2 heterocycles. The monoisotopic (exact) mass is 445 g/mol. The van der Waals surface area contributed by atoms with Gasteiger partial charge in [-0.25, -0.2) is 17.8 Å². The Hall–Kier alpha value is -2.11. The first-order valence-corrected chi connectivity index (χ1v) is 11.2. The zero-order valence-corrected chi connectivity index (χ0v) is 16.8. The third-order valence-corrected chi connectivity index (χ3v) is 7.21. The van der Waals surface area contributed by atoms with Crippen LogP contribution in [-0.2, 0) is 20.9 Å². The van der Waals surface area contributed by atoms with Gasteiger partial charge in [0.15, 0.2) is 0 Å². The SMILES string of the molecule is O=S(=O)(NC1CCOCC1COc1ccc(-n2cc(C(F)(F)F)cn2)cc1)C1CC1. The van der Waals surface area contributed by atoms with Crippen molar-refractivity contribution < 1.29 is 31.1 Å². The number of nitrogens with zero attached hydrogens (tertiary/aromatic N) is 2. The Bertz CT molecular complexity index is 972. The molecule has 0 amide bonds. The van der Waals surface area contributed by atoms with Crippen LogP contribution in [-0.4, -0.2) is 49.3 Å². The number of hydrogen-bond donors (Lipinski definition) is 1. The number of aromatic nitrogens is 2. The molecule has 1 N–H and O–H groups in total. The lowest BCUT2D eigenvalue weighted by Gasteiger charge is -2.31. The van der Waals surface area contributed by atoms with Gasteiger partial charge in [-0.2, -0.15) is 18.3 Å². The van der Waals surface area contributed by atoms with Crippen LogP contribution in [0.1, 0.15) is 24.8 Å². The first-order chi connectivity index (χ1) is 14.2. The molecule has 11 heteroatoms. The van der Waals surface area contributed by atoms with Gasteiger partial charge in [-0.1, -0.05) is 0 Å². The fourth-order valence-corrected chi connectivity index (χ4v) is 4.99. The Labute approximate surface area is 172 Å². The molecule has 0 bridgehead atoms. The van der Waals surface area contributed by atoms with Crippen molar-refractivity contribution in [3.63, 3.8) is 0 Å². The van der Waals surface area contributed by atoms with Gasteiger partial charge in [0.25, 0.3) is 0 Å². The highest BCUT2D eigenvalue weighted by atomic mass is 32.2. The molecule has 2 fully saturated rings. The Morgan fingerprint density at radius 1 is 1.20 bits per heavy atom. The fourth-order valence-electron chi connectivity index (χ4n) is 3.31. The van der Waals surface area contributed by atoms with Crippen LogP contribution in [0.25, 0.3) is 5.69 Å². The number of alkyl halides is 3. The van der Waals surface area contributed by atoms with E-state index in [1.54, 1.807) is 24.3 Å². The van der Waals surface area contributed by atoms with Crippen molar-refractivity contribution in [2.45, 2.75) is 36.7 Å².